The van der Waals surface area contributed by atoms with Crippen LogP contribution in [-0.4, -0.2) is 70.9 Å². The van der Waals surface area contributed by atoms with Gasteiger partial charge < -0.3 is 35.0 Å². The summed E-state index contributed by atoms with van der Waals surface area (Å²) < 4.78 is 13.2. The zero-order chi connectivity index (χ0) is 34.9. The molecule has 0 unspecified atom stereocenters. The molecular formula is C38H47N5O7. The van der Waals surface area contributed by atoms with Crippen LogP contribution in [0, 0.1) is 0 Å². The Morgan fingerprint density at radius 2 is 1.62 bits per heavy atom. The van der Waals surface area contributed by atoms with Crippen molar-refractivity contribution in [2.45, 2.75) is 82.0 Å². The summed E-state index contributed by atoms with van der Waals surface area (Å²) in [6.45, 7) is 2.68. The van der Waals surface area contributed by atoms with E-state index in [0.29, 0.717) is 63.8 Å². The molecule has 12 heteroatoms. The molecule has 3 saturated heterocycles. The molecule has 3 aromatic carbocycles. The lowest BCUT2D eigenvalue weighted by molar-refractivity contribution is -0.253. The van der Waals surface area contributed by atoms with Crippen molar-refractivity contribution in [1.82, 2.24) is 15.7 Å². The van der Waals surface area contributed by atoms with Crippen LogP contribution in [0.25, 0.3) is 0 Å². The number of hydrogen-bond donors (Lipinski definition) is 5. The number of hydroxylamine groups is 1. The molecule has 0 radical (unpaired) electrons. The Kier molecular flexibility index (Phi) is 11.8. The predicted octanol–water partition coefficient (Wildman–Crippen LogP) is 4.55. The monoisotopic (exact) mass is 685 g/mol. The van der Waals surface area contributed by atoms with E-state index < -0.39 is 17.7 Å². The maximum absolute atomic E-state index is 13.2. The summed E-state index contributed by atoms with van der Waals surface area (Å²) >= 11 is 0. The van der Waals surface area contributed by atoms with Gasteiger partial charge in [-0.15, -0.1) is 0 Å². The number of nitrogens with zero attached hydrogens (tertiary/aromatic N) is 2. The smallest absolute Gasteiger partial charge is 0.247 e. The molecule has 1 spiro atoms. The number of hydrogen-bond acceptors (Lipinski definition) is 9. The lowest BCUT2D eigenvalue weighted by Crippen LogP contribution is -2.57. The molecule has 0 aromatic heterocycles. The van der Waals surface area contributed by atoms with Gasteiger partial charge in [0.1, 0.15) is 5.54 Å². The number of amides is 3. The predicted molar refractivity (Wildman–Crippen MR) is 187 cm³/mol. The van der Waals surface area contributed by atoms with Crippen LogP contribution >= 0.6 is 0 Å². The molecule has 5 N–H and O–H groups in total. The lowest BCUT2D eigenvalue weighted by Gasteiger charge is -2.45. The van der Waals surface area contributed by atoms with Crippen molar-refractivity contribution in [3.63, 3.8) is 0 Å². The molecule has 3 amide bonds. The fourth-order valence-electron chi connectivity index (χ4n) is 7.25. The van der Waals surface area contributed by atoms with Crippen molar-refractivity contribution < 1.29 is 34.2 Å². The number of benzene rings is 3. The molecule has 0 aliphatic carbocycles. The average Bonchev–Trinajstić information content (AvgIpc) is 3.46. The summed E-state index contributed by atoms with van der Waals surface area (Å²) in [7, 11) is 0. The molecule has 3 atom stereocenters. The minimum Gasteiger partial charge on any atom is -0.392 e. The van der Waals surface area contributed by atoms with E-state index in [1.807, 2.05) is 66.7 Å². The molecule has 3 fully saturated rings. The van der Waals surface area contributed by atoms with E-state index in [1.165, 1.54) is 0 Å². The van der Waals surface area contributed by atoms with E-state index in [9.17, 15) is 19.5 Å². The van der Waals surface area contributed by atoms with Gasteiger partial charge in [0, 0.05) is 55.8 Å². The minimum absolute atomic E-state index is 0.0320. The van der Waals surface area contributed by atoms with Crippen LogP contribution in [0.15, 0.2) is 78.9 Å². The molecule has 0 bridgehead atoms. The van der Waals surface area contributed by atoms with Crippen LogP contribution in [0.5, 0.6) is 0 Å². The van der Waals surface area contributed by atoms with Gasteiger partial charge in [0.2, 0.25) is 17.7 Å². The number of nitrogens with one attached hydrogen (secondary N) is 3. The highest BCUT2D eigenvalue weighted by Crippen LogP contribution is 2.40. The molecule has 3 aliphatic rings. The number of unbranched alkanes of at least 4 members (excludes halogenated alkanes) is 2. The molecular weight excluding hydrogens is 638 g/mol. The van der Waals surface area contributed by atoms with Crippen LogP contribution in [0.3, 0.4) is 0 Å². The number of ether oxygens (including phenoxy) is 2. The highest BCUT2D eigenvalue weighted by Gasteiger charge is 2.50. The van der Waals surface area contributed by atoms with E-state index in [1.54, 1.807) is 5.48 Å². The Bertz CT molecular complexity index is 1600. The Labute approximate surface area is 292 Å². The first kappa shape index (κ1) is 35.5. The normalized spacial score (nSPS) is 21.9. The zero-order valence-electron chi connectivity index (χ0n) is 28.3. The fraction of sp³-hybridized carbons (Fsp3) is 0.447. The van der Waals surface area contributed by atoms with Gasteiger partial charge in [-0.1, -0.05) is 61.0 Å². The maximum Gasteiger partial charge on any atom is 0.247 e. The Hall–Kier alpha value is -4.33. The first-order valence-corrected chi connectivity index (χ1v) is 17.5. The van der Waals surface area contributed by atoms with Crippen molar-refractivity contribution in [3.8, 4) is 0 Å². The van der Waals surface area contributed by atoms with E-state index in [-0.39, 0.29) is 37.0 Å². The van der Waals surface area contributed by atoms with E-state index >= 15 is 0 Å². The molecule has 50 heavy (non-hydrogen) atoms. The van der Waals surface area contributed by atoms with Gasteiger partial charge in [0.05, 0.1) is 25.5 Å². The number of likely N-dealkylation sites (tertiary alicyclic amines) is 1. The van der Waals surface area contributed by atoms with Crippen molar-refractivity contribution in [2.24, 2.45) is 0 Å². The topological polar surface area (TPSA) is 153 Å². The van der Waals surface area contributed by atoms with Gasteiger partial charge in [-0.05, 0) is 61.1 Å². The number of rotatable bonds is 13. The fourth-order valence-corrected chi connectivity index (χ4v) is 7.25. The highest BCUT2D eigenvalue weighted by molar-refractivity contribution is 5.93. The first-order chi connectivity index (χ1) is 24.4. The molecule has 3 aromatic rings. The van der Waals surface area contributed by atoms with Crippen LogP contribution in [0.1, 0.15) is 80.5 Å². The lowest BCUT2D eigenvalue weighted by atomic mass is 9.85. The van der Waals surface area contributed by atoms with Crippen molar-refractivity contribution in [2.75, 3.05) is 36.5 Å². The third-order valence-corrected chi connectivity index (χ3v) is 10.0. The van der Waals surface area contributed by atoms with Crippen molar-refractivity contribution >= 4 is 29.1 Å². The SMILES string of the molecule is O=C(CCCCCC(=O)Nc1cccc([C@H]2O[C@@H](CN3CCC4(CC3)C(=O)NCN4c3ccccc3)C[C@@H](c3ccc(CO)cc3)O2)c1)NO. The summed E-state index contributed by atoms with van der Waals surface area (Å²) in [5.41, 5.74) is 5.37. The van der Waals surface area contributed by atoms with Gasteiger partial charge in [-0.2, -0.15) is 0 Å². The Morgan fingerprint density at radius 3 is 2.34 bits per heavy atom. The average molecular weight is 686 g/mol. The number of para-hydroxylation sites is 1. The zero-order valence-corrected chi connectivity index (χ0v) is 28.3. The molecule has 0 saturated carbocycles. The third kappa shape index (κ3) is 8.51. The van der Waals surface area contributed by atoms with Crippen LogP contribution in [-0.2, 0) is 30.5 Å². The number of carbonyl (C=O) groups excluding carboxylic acids is 3. The number of piperidine rings is 1. The quantitative estimate of drug-likeness (QED) is 0.0992. The summed E-state index contributed by atoms with van der Waals surface area (Å²) in [6.07, 6.45) is 3.46. The first-order valence-electron chi connectivity index (χ1n) is 17.5. The molecule has 3 heterocycles. The van der Waals surface area contributed by atoms with E-state index in [0.717, 1.165) is 35.5 Å². The largest absolute Gasteiger partial charge is 0.392 e. The van der Waals surface area contributed by atoms with Crippen LogP contribution < -0.4 is 21.0 Å². The van der Waals surface area contributed by atoms with E-state index in [2.05, 4.69) is 32.6 Å². The summed E-state index contributed by atoms with van der Waals surface area (Å²) in [4.78, 5) is 41.7. The van der Waals surface area contributed by atoms with E-state index in [4.69, 9.17) is 14.7 Å². The molecule has 266 valence electrons. The Balaban J connectivity index is 1.11. The van der Waals surface area contributed by atoms with Gasteiger partial charge in [-0.25, -0.2) is 5.48 Å². The Morgan fingerprint density at radius 1 is 0.880 bits per heavy atom. The van der Waals surface area contributed by atoms with Gasteiger partial charge in [0.25, 0.3) is 0 Å². The van der Waals surface area contributed by atoms with Crippen LogP contribution in [0.4, 0.5) is 11.4 Å². The van der Waals surface area contributed by atoms with Gasteiger partial charge in [0.15, 0.2) is 6.29 Å². The van der Waals surface area contributed by atoms with Gasteiger partial charge >= 0.3 is 0 Å². The molecule has 12 nitrogen and oxygen atoms in total. The van der Waals surface area contributed by atoms with Crippen molar-refractivity contribution in [1.29, 1.82) is 0 Å². The maximum atomic E-state index is 13.2. The van der Waals surface area contributed by atoms with Gasteiger partial charge in [-0.3, -0.25) is 19.6 Å². The minimum atomic E-state index is -0.670. The summed E-state index contributed by atoms with van der Waals surface area (Å²) in [5.74, 6) is -0.458. The second-order valence-electron chi connectivity index (χ2n) is 13.4. The van der Waals surface area contributed by atoms with Crippen molar-refractivity contribution in [3.05, 3.63) is 95.6 Å². The second kappa shape index (κ2) is 16.6. The van der Waals surface area contributed by atoms with Crippen LogP contribution in [0.2, 0.25) is 0 Å². The number of aliphatic hydroxyl groups excluding tert-OH is 1. The number of carbonyl (C=O) groups is 3. The number of aliphatic hydroxyl groups is 1. The summed E-state index contributed by atoms with van der Waals surface area (Å²) in [6, 6.07) is 25.4. The standard InChI is InChI=1S/C38H47N5O7/c44-25-27-14-16-28(17-15-27)33-23-32(24-42-20-18-38(19-21-42)37(47)39-26-43(38)31-10-3-1-4-11-31)49-36(50-33)29-8-7-9-30(22-29)40-34(45)12-5-2-6-13-35(46)41-48/h1,3-4,7-11,14-17,22,32-33,36,44,48H,2,5-6,12-13,18-21,23-26H2,(H,39,47)(H,40,45)(H,41,46)/t32-,33+,36+/m1/s1. The number of anilines is 2. The third-order valence-electron chi connectivity index (χ3n) is 10.0. The molecule has 3 aliphatic heterocycles. The summed E-state index contributed by atoms with van der Waals surface area (Å²) in [5, 5.41) is 24.3. The molecule has 6 rings (SSSR count). The second-order valence-corrected chi connectivity index (χ2v) is 13.4. The highest BCUT2D eigenvalue weighted by atomic mass is 16.7.